The Bertz CT molecular complexity index is 255. The van der Waals surface area contributed by atoms with Crippen LogP contribution in [0.4, 0.5) is 5.69 Å². The Kier molecular flexibility index (Phi) is 6.12. The molecule has 12 heavy (non-hydrogen) atoms. The van der Waals surface area contributed by atoms with Crippen LogP contribution in [-0.2, 0) is 0 Å². The molecule has 0 saturated carbocycles. The molecule has 1 aromatic carbocycles. The normalized spacial score (nSPS) is 18.2. The molecule has 0 aliphatic carbocycles. The second kappa shape index (κ2) is 5.66. The fourth-order valence-electron chi connectivity index (χ4n) is 1.18. The Morgan fingerprint density at radius 3 is 2.58 bits per heavy atom. The Balaban J connectivity index is 0.000000605. The average Bonchev–Trinajstić information content (AvgIpc) is 2.34. The van der Waals surface area contributed by atoms with Gasteiger partial charge in [0.1, 0.15) is 0 Å². The van der Waals surface area contributed by atoms with Gasteiger partial charge in [-0.05, 0) is 0 Å². The Labute approximate surface area is 116 Å². The summed E-state index contributed by atoms with van der Waals surface area (Å²) in [5, 5.41) is 15.1. The van der Waals surface area contributed by atoms with Crippen molar-refractivity contribution in [2.45, 2.75) is 6.10 Å². The Hall–Kier alpha value is 0.980. The number of para-hydroxylation sites is 1. The molecule has 0 N–H and O–H groups in total. The van der Waals surface area contributed by atoms with Crippen molar-refractivity contribution in [3.05, 3.63) is 35.1 Å². The quantitative estimate of drug-likeness (QED) is 0.368. The molecule has 0 radical (unpaired) electrons. The topological polar surface area (TPSA) is 37.2 Å². The van der Waals surface area contributed by atoms with Crippen LogP contribution in [0.15, 0.2) is 24.3 Å². The van der Waals surface area contributed by atoms with Crippen molar-refractivity contribution in [3.63, 3.8) is 0 Å². The zero-order valence-electron chi connectivity index (χ0n) is 7.45. The van der Waals surface area contributed by atoms with Gasteiger partial charge < -0.3 is 10.4 Å². The van der Waals surface area contributed by atoms with Gasteiger partial charge in [-0.15, -0.1) is 18.3 Å². The van der Waals surface area contributed by atoms with E-state index < -0.39 is 6.10 Å². The molecule has 4 heteroatoms. The van der Waals surface area contributed by atoms with Gasteiger partial charge in [-0.25, -0.2) is 0 Å². The summed E-state index contributed by atoms with van der Waals surface area (Å²) in [6, 6.07) is 7.52. The molecular formula is C8H7NNa2O. The number of fused-ring (bicyclic) bond motifs is 1. The van der Waals surface area contributed by atoms with Crippen molar-refractivity contribution in [1.29, 1.82) is 0 Å². The molecule has 0 fully saturated rings. The van der Waals surface area contributed by atoms with Crippen molar-refractivity contribution in [2.75, 3.05) is 6.54 Å². The van der Waals surface area contributed by atoms with Gasteiger partial charge in [-0.2, -0.15) is 0 Å². The minimum absolute atomic E-state index is 0. The third-order valence-corrected chi connectivity index (χ3v) is 1.71. The van der Waals surface area contributed by atoms with Crippen LogP contribution in [0.2, 0.25) is 0 Å². The molecule has 1 aliphatic rings. The first kappa shape index (κ1) is 13.0. The van der Waals surface area contributed by atoms with Crippen LogP contribution in [0.1, 0.15) is 11.7 Å². The molecule has 0 spiro atoms. The molecule has 0 amide bonds. The van der Waals surface area contributed by atoms with Gasteiger partial charge in [0, 0.05) is 0 Å². The van der Waals surface area contributed by atoms with Crippen molar-refractivity contribution in [3.8, 4) is 0 Å². The molecule has 2 nitrogen and oxygen atoms in total. The standard InChI is InChI=1S/C8H7NO.2Na/c10-8-5-9-7-4-2-1-3-6(7)8;;/h1-4,8H,5H2;;/q-2;2*+1. The Morgan fingerprint density at radius 2 is 1.92 bits per heavy atom. The van der Waals surface area contributed by atoms with Crippen LogP contribution >= 0.6 is 0 Å². The summed E-state index contributed by atoms with van der Waals surface area (Å²) in [7, 11) is 0. The minimum atomic E-state index is -0.615. The maximum Gasteiger partial charge on any atom is 1.00 e. The van der Waals surface area contributed by atoms with Crippen molar-refractivity contribution >= 4 is 5.69 Å². The fraction of sp³-hybridized carbons (Fsp3) is 0.250. The largest absolute Gasteiger partial charge is 1.00 e. The zero-order valence-corrected chi connectivity index (χ0v) is 11.4. The number of benzene rings is 1. The van der Waals surface area contributed by atoms with E-state index >= 15 is 0 Å². The van der Waals surface area contributed by atoms with Crippen LogP contribution in [0.25, 0.3) is 5.32 Å². The molecule has 1 unspecified atom stereocenters. The fourth-order valence-corrected chi connectivity index (χ4v) is 1.18. The molecule has 2 rings (SSSR count). The maximum absolute atomic E-state index is 11.1. The first-order chi connectivity index (χ1) is 4.88. The maximum atomic E-state index is 11.1. The second-order valence-corrected chi connectivity index (χ2v) is 2.39. The van der Waals surface area contributed by atoms with Crippen LogP contribution in [0, 0.1) is 0 Å². The molecular weight excluding hydrogens is 172 g/mol. The van der Waals surface area contributed by atoms with Gasteiger partial charge in [-0.3, -0.25) is 0 Å². The van der Waals surface area contributed by atoms with Crippen molar-refractivity contribution in [1.82, 2.24) is 0 Å². The van der Waals surface area contributed by atoms with E-state index in [0.29, 0.717) is 6.54 Å². The molecule has 52 valence electrons. The number of rotatable bonds is 0. The summed E-state index contributed by atoms with van der Waals surface area (Å²) >= 11 is 0. The van der Waals surface area contributed by atoms with Crippen LogP contribution < -0.4 is 64.2 Å². The van der Waals surface area contributed by atoms with Gasteiger partial charge >= 0.3 is 59.1 Å². The summed E-state index contributed by atoms with van der Waals surface area (Å²) in [5.74, 6) is 0. The minimum Gasteiger partial charge on any atom is -0.850 e. The van der Waals surface area contributed by atoms with Gasteiger partial charge in [-0.1, -0.05) is 29.8 Å². The van der Waals surface area contributed by atoms with Crippen molar-refractivity contribution in [2.24, 2.45) is 0 Å². The molecule has 0 bridgehead atoms. The van der Waals surface area contributed by atoms with E-state index in [1.165, 1.54) is 0 Å². The summed E-state index contributed by atoms with van der Waals surface area (Å²) in [6.45, 7) is 0.416. The van der Waals surface area contributed by atoms with E-state index in [2.05, 4.69) is 5.32 Å². The number of nitrogens with zero attached hydrogens (tertiary/aromatic N) is 1. The smallest absolute Gasteiger partial charge is 0.850 e. The zero-order chi connectivity index (χ0) is 6.97. The average molecular weight is 179 g/mol. The molecule has 1 heterocycles. The van der Waals surface area contributed by atoms with E-state index in [1.54, 1.807) is 0 Å². The molecule has 0 aromatic heterocycles. The number of hydrogen-bond acceptors (Lipinski definition) is 1. The third kappa shape index (κ3) is 2.48. The summed E-state index contributed by atoms with van der Waals surface area (Å²) < 4.78 is 0. The van der Waals surface area contributed by atoms with Crippen LogP contribution in [-0.4, -0.2) is 6.54 Å². The SMILES string of the molecule is [Na+].[Na+].[O-]C1C[N-]c2ccccc21. The molecule has 1 atom stereocenters. The Morgan fingerprint density at radius 1 is 1.25 bits per heavy atom. The molecule has 0 saturated heterocycles. The first-order valence-electron chi connectivity index (χ1n) is 3.30. The summed E-state index contributed by atoms with van der Waals surface area (Å²) in [4.78, 5) is 0. The van der Waals surface area contributed by atoms with Crippen LogP contribution in [0.3, 0.4) is 0 Å². The monoisotopic (exact) mass is 179 g/mol. The van der Waals surface area contributed by atoms with E-state index in [-0.39, 0.29) is 59.1 Å². The molecule has 1 aliphatic heterocycles. The third-order valence-electron chi connectivity index (χ3n) is 1.71. The second-order valence-electron chi connectivity index (χ2n) is 2.39. The van der Waals surface area contributed by atoms with Crippen molar-refractivity contribution < 1.29 is 64.2 Å². The first-order valence-corrected chi connectivity index (χ1v) is 3.30. The van der Waals surface area contributed by atoms with Gasteiger partial charge in [0.2, 0.25) is 0 Å². The van der Waals surface area contributed by atoms with Gasteiger partial charge in [0.25, 0.3) is 0 Å². The van der Waals surface area contributed by atoms with E-state index in [4.69, 9.17) is 0 Å². The van der Waals surface area contributed by atoms with E-state index in [9.17, 15) is 5.11 Å². The summed E-state index contributed by atoms with van der Waals surface area (Å²) in [5.41, 5.74) is 1.73. The number of hydrogen-bond donors (Lipinski definition) is 0. The summed E-state index contributed by atoms with van der Waals surface area (Å²) in [6.07, 6.45) is -0.615. The molecule has 1 aromatic rings. The van der Waals surface area contributed by atoms with Gasteiger partial charge in [0.05, 0.1) is 0 Å². The van der Waals surface area contributed by atoms with E-state index in [0.717, 1.165) is 11.3 Å². The predicted molar refractivity (Wildman–Crippen MR) is 37.1 cm³/mol. The van der Waals surface area contributed by atoms with E-state index in [1.807, 2.05) is 24.3 Å². The van der Waals surface area contributed by atoms with Gasteiger partial charge in [0.15, 0.2) is 0 Å². The predicted octanol–water partition coefficient (Wildman–Crippen LogP) is -4.89. The van der Waals surface area contributed by atoms with Crippen LogP contribution in [0.5, 0.6) is 0 Å².